The van der Waals surface area contributed by atoms with Crippen LogP contribution in [0.3, 0.4) is 0 Å². The highest BCUT2D eigenvalue weighted by Crippen LogP contribution is 2.41. The van der Waals surface area contributed by atoms with E-state index in [0.29, 0.717) is 32.8 Å². The zero-order chi connectivity index (χ0) is 14.1. The molecule has 3 aliphatic heterocycles. The lowest BCUT2D eigenvalue weighted by Gasteiger charge is -2.27. The van der Waals surface area contributed by atoms with Crippen LogP contribution in [0, 0.1) is 5.92 Å². The molecule has 2 bridgehead atoms. The van der Waals surface area contributed by atoms with E-state index in [9.17, 15) is 14.7 Å². The molecule has 20 heavy (non-hydrogen) atoms. The number of amides is 2. The normalized spacial score (nSPS) is 36.1. The SMILES string of the molecule is O=C(O)C1CC2CCC1N2C(=O)NCC1COCCO1. The first-order chi connectivity index (χ1) is 9.66. The average Bonchev–Trinajstić information content (AvgIpc) is 3.03. The summed E-state index contributed by atoms with van der Waals surface area (Å²) in [5, 5.41) is 12.0. The van der Waals surface area contributed by atoms with Gasteiger partial charge in [-0.1, -0.05) is 0 Å². The Bertz CT molecular complexity index is 396. The van der Waals surface area contributed by atoms with Gasteiger partial charge in [0.1, 0.15) is 0 Å². The Morgan fingerprint density at radius 3 is 2.80 bits per heavy atom. The van der Waals surface area contributed by atoms with Crippen molar-refractivity contribution in [1.82, 2.24) is 10.2 Å². The van der Waals surface area contributed by atoms with Gasteiger partial charge < -0.3 is 24.8 Å². The molecule has 4 atom stereocenters. The zero-order valence-corrected chi connectivity index (χ0v) is 11.3. The summed E-state index contributed by atoms with van der Waals surface area (Å²) in [6.07, 6.45) is 2.17. The third-order valence-corrected chi connectivity index (χ3v) is 4.45. The third-order valence-electron chi connectivity index (χ3n) is 4.45. The Hall–Kier alpha value is -1.34. The molecule has 7 heteroatoms. The van der Waals surface area contributed by atoms with Crippen LogP contribution in [-0.2, 0) is 14.3 Å². The number of fused-ring (bicyclic) bond motifs is 2. The van der Waals surface area contributed by atoms with E-state index in [1.807, 2.05) is 0 Å². The van der Waals surface area contributed by atoms with Crippen molar-refractivity contribution in [3.63, 3.8) is 0 Å². The van der Waals surface area contributed by atoms with Gasteiger partial charge in [-0.3, -0.25) is 4.79 Å². The molecule has 3 saturated heterocycles. The van der Waals surface area contributed by atoms with E-state index in [0.717, 1.165) is 12.8 Å². The minimum absolute atomic E-state index is 0.0737. The molecule has 0 aromatic heterocycles. The largest absolute Gasteiger partial charge is 0.481 e. The van der Waals surface area contributed by atoms with Gasteiger partial charge in [0.2, 0.25) is 0 Å². The van der Waals surface area contributed by atoms with E-state index >= 15 is 0 Å². The van der Waals surface area contributed by atoms with Crippen LogP contribution >= 0.6 is 0 Å². The maximum Gasteiger partial charge on any atom is 0.318 e. The van der Waals surface area contributed by atoms with Gasteiger partial charge in [-0.05, 0) is 19.3 Å². The fourth-order valence-corrected chi connectivity index (χ4v) is 3.52. The van der Waals surface area contributed by atoms with E-state index < -0.39 is 11.9 Å². The number of hydrogen-bond donors (Lipinski definition) is 2. The van der Waals surface area contributed by atoms with Crippen molar-refractivity contribution >= 4 is 12.0 Å². The molecule has 0 saturated carbocycles. The number of urea groups is 1. The summed E-state index contributed by atoms with van der Waals surface area (Å²) in [6, 6.07) is -0.249. The van der Waals surface area contributed by atoms with Crippen molar-refractivity contribution in [3.05, 3.63) is 0 Å². The van der Waals surface area contributed by atoms with Crippen molar-refractivity contribution < 1.29 is 24.2 Å². The molecule has 7 nitrogen and oxygen atoms in total. The van der Waals surface area contributed by atoms with Gasteiger partial charge in [-0.2, -0.15) is 0 Å². The lowest BCUT2D eigenvalue weighted by Crippen LogP contribution is -2.48. The van der Waals surface area contributed by atoms with Gasteiger partial charge >= 0.3 is 12.0 Å². The second kappa shape index (κ2) is 5.57. The second-order valence-electron chi connectivity index (χ2n) is 5.64. The van der Waals surface area contributed by atoms with Crippen molar-refractivity contribution in [3.8, 4) is 0 Å². The molecule has 3 fully saturated rings. The first-order valence-corrected chi connectivity index (χ1v) is 7.15. The van der Waals surface area contributed by atoms with E-state index in [4.69, 9.17) is 9.47 Å². The summed E-state index contributed by atoms with van der Waals surface area (Å²) in [6.45, 7) is 2.05. The smallest absolute Gasteiger partial charge is 0.318 e. The van der Waals surface area contributed by atoms with Crippen LogP contribution in [0.2, 0.25) is 0 Å². The molecule has 0 aliphatic carbocycles. The van der Waals surface area contributed by atoms with Crippen molar-refractivity contribution in [2.24, 2.45) is 5.92 Å². The Balaban J connectivity index is 1.54. The van der Waals surface area contributed by atoms with Crippen molar-refractivity contribution in [1.29, 1.82) is 0 Å². The molecule has 0 spiro atoms. The molecule has 3 rings (SSSR count). The highest BCUT2D eigenvalue weighted by molar-refractivity contribution is 5.79. The molecule has 3 aliphatic rings. The Kier molecular flexibility index (Phi) is 3.80. The number of ether oxygens (including phenoxy) is 2. The molecule has 2 amide bonds. The predicted octanol–water partition coefficient (Wildman–Crippen LogP) is 0.0489. The summed E-state index contributed by atoms with van der Waals surface area (Å²) in [5.41, 5.74) is 0. The fourth-order valence-electron chi connectivity index (χ4n) is 3.52. The number of carbonyl (C=O) groups excluding carboxylic acids is 1. The minimum atomic E-state index is -0.793. The Labute approximate surface area is 117 Å². The van der Waals surface area contributed by atoms with Crippen molar-refractivity contribution in [2.75, 3.05) is 26.4 Å². The molecule has 3 heterocycles. The van der Waals surface area contributed by atoms with Gasteiger partial charge in [0.15, 0.2) is 0 Å². The maximum absolute atomic E-state index is 12.2. The standard InChI is InChI=1S/C13H20N2O5/c16-12(17)10-5-8-1-2-11(10)15(8)13(18)14-6-9-7-19-3-4-20-9/h8-11H,1-7H2,(H,14,18)(H,16,17). The van der Waals surface area contributed by atoms with Crippen LogP contribution < -0.4 is 5.32 Å². The lowest BCUT2D eigenvalue weighted by atomic mass is 9.89. The van der Waals surface area contributed by atoms with Crippen LogP contribution in [-0.4, -0.2) is 66.6 Å². The lowest BCUT2D eigenvalue weighted by molar-refractivity contribution is -0.142. The number of carbonyl (C=O) groups is 2. The topological polar surface area (TPSA) is 88.1 Å². The van der Waals surface area contributed by atoms with Crippen LogP contribution in [0.5, 0.6) is 0 Å². The molecule has 0 aromatic rings. The first-order valence-electron chi connectivity index (χ1n) is 7.15. The molecule has 0 aromatic carbocycles. The first kappa shape index (κ1) is 13.6. The number of aliphatic carboxylic acids is 1. The fraction of sp³-hybridized carbons (Fsp3) is 0.846. The number of rotatable bonds is 3. The number of nitrogens with zero attached hydrogens (tertiary/aromatic N) is 1. The van der Waals surface area contributed by atoms with Gasteiger partial charge in [0, 0.05) is 18.6 Å². The number of carboxylic acid groups (broad SMARTS) is 1. The monoisotopic (exact) mass is 284 g/mol. The number of carboxylic acids is 1. The van der Waals surface area contributed by atoms with E-state index in [-0.39, 0.29) is 24.2 Å². The van der Waals surface area contributed by atoms with E-state index in [1.165, 1.54) is 0 Å². The summed E-state index contributed by atoms with van der Waals surface area (Å²) in [7, 11) is 0. The minimum Gasteiger partial charge on any atom is -0.481 e. The Morgan fingerprint density at radius 1 is 1.30 bits per heavy atom. The van der Waals surface area contributed by atoms with E-state index in [1.54, 1.807) is 4.90 Å². The highest BCUT2D eigenvalue weighted by Gasteiger charge is 2.51. The van der Waals surface area contributed by atoms with Gasteiger partial charge in [0.05, 0.1) is 31.8 Å². The highest BCUT2D eigenvalue weighted by atomic mass is 16.6. The summed E-state index contributed by atoms with van der Waals surface area (Å²) >= 11 is 0. The van der Waals surface area contributed by atoms with Crippen LogP contribution in [0.25, 0.3) is 0 Å². The number of nitrogens with one attached hydrogen (secondary N) is 1. The van der Waals surface area contributed by atoms with E-state index in [2.05, 4.69) is 5.32 Å². The maximum atomic E-state index is 12.2. The molecule has 0 radical (unpaired) electrons. The average molecular weight is 284 g/mol. The van der Waals surface area contributed by atoms with Gasteiger partial charge in [-0.15, -0.1) is 0 Å². The number of hydrogen-bond acceptors (Lipinski definition) is 4. The zero-order valence-electron chi connectivity index (χ0n) is 11.3. The summed E-state index contributed by atoms with van der Waals surface area (Å²) < 4.78 is 10.7. The van der Waals surface area contributed by atoms with Gasteiger partial charge in [-0.25, -0.2) is 4.79 Å². The molecule has 2 N–H and O–H groups in total. The van der Waals surface area contributed by atoms with Crippen LogP contribution in [0.4, 0.5) is 4.79 Å². The molecular weight excluding hydrogens is 264 g/mol. The summed E-state index contributed by atoms with van der Waals surface area (Å²) in [4.78, 5) is 25.1. The quantitative estimate of drug-likeness (QED) is 0.764. The van der Waals surface area contributed by atoms with Crippen LogP contribution in [0.15, 0.2) is 0 Å². The molecule has 112 valence electrons. The van der Waals surface area contributed by atoms with Crippen molar-refractivity contribution in [2.45, 2.75) is 37.5 Å². The molecular formula is C13H20N2O5. The predicted molar refractivity (Wildman–Crippen MR) is 68.3 cm³/mol. The summed E-state index contributed by atoms with van der Waals surface area (Å²) in [5.74, 6) is -1.20. The molecule has 4 unspecified atom stereocenters. The third kappa shape index (κ3) is 2.47. The Morgan fingerprint density at radius 2 is 2.15 bits per heavy atom. The van der Waals surface area contributed by atoms with Crippen LogP contribution in [0.1, 0.15) is 19.3 Å². The second-order valence-corrected chi connectivity index (χ2v) is 5.64. The van der Waals surface area contributed by atoms with Gasteiger partial charge in [0.25, 0.3) is 0 Å².